The summed E-state index contributed by atoms with van der Waals surface area (Å²) < 4.78 is 0. The van der Waals surface area contributed by atoms with E-state index in [1.165, 1.54) is 0 Å². The molecule has 1 N–H and O–H groups in total. The molecule has 0 bridgehead atoms. The Labute approximate surface area is 115 Å². The molecule has 1 atom stereocenters. The van der Waals surface area contributed by atoms with Crippen LogP contribution in [0, 0.1) is 5.92 Å². The molecule has 1 saturated carbocycles. The molecule has 2 rings (SSSR count). The van der Waals surface area contributed by atoms with E-state index in [0.717, 1.165) is 32.1 Å². The van der Waals surface area contributed by atoms with E-state index >= 15 is 0 Å². The van der Waals surface area contributed by atoms with E-state index in [9.17, 15) is 9.59 Å². The average Bonchev–Trinajstić information content (AvgIpc) is 2.75. The summed E-state index contributed by atoms with van der Waals surface area (Å²) in [6, 6.07) is -0.243. The van der Waals surface area contributed by atoms with Crippen LogP contribution in [0.3, 0.4) is 0 Å². The standard InChI is InChI=1S/C15H26N2O2/c1-10(2)9-12-13(18)17(11(3)4)15(14(19)16-12)7-5-6-8-15/h10-12H,5-9H2,1-4H3,(H,16,19). The summed E-state index contributed by atoms with van der Waals surface area (Å²) in [5.74, 6) is 0.593. The molecule has 1 aliphatic heterocycles. The zero-order chi connectivity index (χ0) is 14.2. The molecule has 0 aromatic carbocycles. The number of hydrogen-bond acceptors (Lipinski definition) is 2. The summed E-state index contributed by atoms with van der Waals surface area (Å²) in [6.07, 6.45) is 4.44. The Kier molecular flexibility index (Phi) is 3.88. The lowest BCUT2D eigenvalue weighted by atomic mass is 9.86. The monoisotopic (exact) mass is 266 g/mol. The zero-order valence-corrected chi connectivity index (χ0v) is 12.5. The van der Waals surface area contributed by atoms with Crippen LogP contribution in [-0.4, -0.2) is 34.3 Å². The highest BCUT2D eigenvalue weighted by molar-refractivity contribution is 6.00. The Balaban J connectivity index is 2.30. The van der Waals surface area contributed by atoms with Crippen LogP contribution in [0.25, 0.3) is 0 Å². The maximum Gasteiger partial charge on any atom is 0.246 e. The Bertz CT molecular complexity index is 370. The summed E-state index contributed by atoms with van der Waals surface area (Å²) in [5, 5.41) is 2.98. The third-order valence-corrected chi connectivity index (χ3v) is 4.38. The highest BCUT2D eigenvalue weighted by Gasteiger charge is 2.54. The number of rotatable bonds is 3. The van der Waals surface area contributed by atoms with E-state index in [2.05, 4.69) is 19.2 Å². The SMILES string of the molecule is CC(C)CC1NC(=O)C2(CCCC2)N(C(C)C)C1=O. The molecule has 4 nitrogen and oxygen atoms in total. The van der Waals surface area contributed by atoms with Crippen molar-refractivity contribution in [2.45, 2.75) is 77.4 Å². The summed E-state index contributed by atoms with van der Waals surface area (Å²) in [5.41, 5.74) is -0.557. The molecule has 1 heterocycles. The van der Waals surface area contributed by atoms with E-state index in [1.807, 2.05) is 18.7 Å². The summed E-state index contributed by atoms with van der Waals surface area (Å²) in [6.45, 7) is 8.20. The molecule has 2 aliphatic rings. The molecule has 1 unspecified atom stereocenters. The molecular formula is C15H26N2O2. The van der Waals surface area contributed by atoms with Crippen LogP contribution in [0.2, 0.25) is 0 Å². The molecule has 1 aliphatic carbocycles. The van der Waals surface area contributed by atoms with E-state index in [1.54, 1.807) is 0 Å². The van der Waals surface area contributed by atoms with Gasteiger partial charge < -0.3 is 10.2 Å². The highest BCUT2D eigenvalue weighted by Crippen LogP contribution is 2.39. The fraction of sp³-hybridized carbons (Fsp3) is 0.867. The van der Waals surface area contributed by atoms with Crippen molar-refractivity contribution in [3.63, 3.8) is 0 Å². The third-order valence-electron chi connectivity index (χ3n) is 4.38. The van der Waals surface area contributed by atoms with Crippen molar-refractivity contribution in [3.05, 3.63) is 0 Å². The van der Waals surface area contributed by atoms with Crippen LogP contribution in [0.4, 0.5) is 0 Å². The molecular weight excluding hydrogens is 240 g/mol. The second-order valence-corrected chi connectivity index (χ2v) is 6.70. The van der Waals surface area contributed by atoms with Crippen LogP contribution in [-0.2, 0) is 9.59 Å². The first kappa shape index (κ1) is 14.4. The molecule has 2 fully saturated rings. The normalized spacial score (nSPS) is 26.6. The zero-order valence-electron chi connectivity index (χ0n) is 12.5. The molecule has 0 aromatic heterocycles. The predicted octanol–water partition coefficient (Wildman–Crippen LogP) is 2.08. The minimum absolute atomic E-state index is 0.0731. The number of piperazine rings is 1. The van der Waals surface area contributed by atoms with Gasteiger partial charge in [0.1, 0.15) is 11.6 Å². The minimum atomic E-state index is -0.557. The Hall–Kier alpha value is -1.06. The first-order valence-corrected chi connectivity index (χ1v) is 7.52. The lowest BCUT2D eigenvalue weighted by Gasteiger charge is -2.48. The predicted molar refractivity (Wildman–Crippen MR) is 74.6 cm³/mol. The van der Waals surface area contributed by atoms with Crippen molar-refractivity contribution in [1.29, 1.82) is 0 Å². The van der Waals surface area contributed by atoms with E-state index < -0.39 is 5.54 Å². The Morgan fingerprint density at radius 1 is 1.21 bits per heavy atom. The molecule has 0 radical (unpaired) electrons. The van der Waals surface area contributed by atoms with Crippen LogP contribution >= 0.6 is 0 Å². The van der Waals surface area contributed by atoms with Crippen molar-refractivity contribution < 1.29 is 9.59 Å². The van der Waals surface area contributed by atoms with Gasteiger partial charge in [-0.15, -0.1) is 0 Å². The van der Waals surface area contributed by atoms with Gasteiger partial charge in [0.25, 0.3) is 0 Å². The summed E-state index contributed by atoms with van der Waals surface area (Å²) >= 11 is 0. The number of hydrogen-bond donors (Lipinski definition) is 1. The van der Waals surface area contributed by atoms with Gasteiger partial charge in [-0.25, -0.2) is 0 Å². The molecule has 1 spiro atoms. The van der Waals surface area contributed by atoms with Crippen molar-refractivity contribution >= 4 is 11.8 Å². The van der Waals surface area contributed by atoms with Gasteiger partial charge in [0.15, 0.2) is 0 Å². The van der Waals surface area contributed by atoms with E-state index in [-0.39, 0.29) is 23.9 Å². The van der Waals surface area contributed by atoms with Gasteiger partial charge in [0.05, 0.1) is 0 Å². The maximum absolute atomic E-state index is 12.7. The van der Waals surface area contributed by atoms with Crippen LogP contribution in [0.1, 0.15) is 59.8 Å². The average molecular weight is 266 g/mol. The first-order chi connectivity index (χ1) is 8.88. The van der Waals surface area contributed by atoms with Gasteiger partial charge >= 0.3 is 0 Å². The van der Waals surface area contributed by atoms with Crippen LogP contribution in [0.15, 0.2) is 0 Å². The van der Waals surface area contributed by atoms with Gasteiger partial charge in [0.2, 0.25) is 11.8 Å². The van der Waals surface area contributed by atoms with Crippen molar-refractivity contribution in [1.82, 2.24) is 10.2 Å². The maximum atomic E-state index is 12.7. The third kappa shape index (κ3) is 2.37. The second kappa shape index (κ2) is 5.14. The molecule has 108 valence electrons. The minimum Gasteiger partial charge on any atom is -0.342 e. The van der Waals surface area contributed by atoms with Crippen molar-refractivity contribution in [2.75, 3.05) is 0 Å². The molecule has 1 saturated heterocycles. The van der Waals surface area contributed by atoms with E-state index in [0.29, 0.717) is 5.92 Å². The fourth-order valence-corrected chi connectivity index (χ4v) is 3.65. The van der Waals surface area contributed by atoms with Gasteiger partial charge in [0, 0.05) is 6.04 Å². The van der Waals surface area contributed by atoms with Gasteiger partial charge in [-0.05, 0) is 39.0 Å². The first-order valence-electron chi connectivity index (χ1n) is 7.52. The Morgan fingerprint density at radius 3 is 2.26 bits per heavy atom. The lowest BCUT2D eigenvalue weighted by molar-refractivity contribution is -0.160. The molecule has 19 heavy (non-hydrogen) atoms. The molecule has 0 aromatic rings. The van der Waals surface area contributed by atoms with Crippen LogP contribution < -0.4 is 5.32 Å². The van der Waals surface area contributed by atoms with Gasteiger partial charge in [-0.1, -0.05) is 26.7 Å². The highest BCUT2D eigenvalue weighted by atomic mass is 16.2. The molecule has 2 amide bonds. The number of amides is 2. The smallest absolute Gasteiger partial charge is 0.246 e. The topological polar surface area (TPSA) is 49.4 Å². The number of carbonyl (C=O) groups excluding carboxylic acids is 2. The summed E-state index contributed by atoms with van der Waals surface area (Å²) in [7, 11) is 0. The number of nitrogens with one attached hydrogen (secondary N) is 1. The van der Waals surface area contributed by atoms with Crippen molar-refractivity contribution in [2.24, 2.45) is 5.92 Å². The molecule has 4 heteroatoms. The second-order valence-electron chi connectivity index (χ2n) is 6.70. The summed E-state index contributed by atoms with van der Waals surface area (Å²) in [4.78, 5) is 27.2. The van der Waals surface area contributed by atoms with E-state index in [4.69, 9.17) is 0 Å². The van der Waals surface area contributed by atoms with Crippen molar-refractivity contribution in [3.8, 4) is 0 Å². The number of carbonyl (C=O) groups is 2. The Morgan fingerprint density at radius 2 is 1.79 bits per heavy atom. The number of nitrogens with zero attached hydrogens (tertiary/aromatic N) is 1. The van der Waals surface area contributed by atoms with Gasteiger partial charge in [-0.2, -0.15) is 0 Å². The quantitative estimate of drug-likeness (QED) is 0.850. The fourth-order valence-electron chi connectivity index (χ4n) is 3.65. The lowest BCUT2D eigenvalue weighted by Crippen LogP contribution is -2.71. The van der Waals surface area contributed by atoms with Gasteiger partial charge in [-0.3, -0.25) is 9.59 Å². The van der Waals surface area contributed by atoms with Crippen LogP contribution in [0.5, 0.6) is 0 Å². The largest absolute Gasteiger partial charge is 0.342 e.